The molecule has 0 spiro atoms. The van der Waals surface area contributed by atoms with Gasteiger partial charge in [-0.25, -0.2) is 9.48 Å². The monoisotopic (exact) mass is 322 g/mol. The van der Waals surface area contributed by atoms with E-state index >= 15 is 0 Å². The molecular weight excluding hydrogens is 312 g/mol. The number of hydrogen-bond donors (Lipinski definition) is 0. The van der Waals surface area contributed by atoms with Crippen LogP contribution in [0.2, 0.25) is 0 Å². The minimum atomic E-state index is -0.836. The molecular formula is C13H11BrN2O3. The largest absolute Gasteiger partial charge is 0.460 e. The Morgan fingerprint density at radius 1 is 1.32 bits per heavy atom. The molecule has 0 saturated carbocycles. The highest BCUT2D eigenvalue weighted by atomic mass is 79.9. The van der Waals surface area contributed by atoms with Crippen LogP contribution in [0.25, 0.3) is 5.69 Å². The smallest absolute Gasteiger partial charge is 0.379 e. The van der Waals surface area contributed by atoms with E-state index in [1.54, 1.807) is 48.3 Å². The first-order valence-electron chi connectivity index (χ1n) is 5.64. The van der Waals surface area contributed by atoms with Crippen LogP contribution in [-0.2, 0) is 9.53 Å². The Kier molecular flexibility index (Phi) is 4.11. The van der Waals surface area contributed by atoms with Crippen LogP contribution in [0.4, 0.5) is 0 Å². The predicted octanol–water partition coefficient (Wildman–Crippen LogP) is 2.38. The number of benzene rings is 1. The standard InChI is InChI=1S/C13H11BrN2O3/c1-2-19-13(18)12(17)9-3-5-11(6-4-9)16-8-10(14)7-15-16/h3-8H,2H2,1H3. The summed E-state index contributed by atoms with van der Waals surface area (Å²) >= 11 is 3.30. The van der Waals surface area contributed by atoms with Gasteiger partial charge in [-0.2, -0.15) is 5.10 Å². The van der Waals surface area contributed by atoms with Gasteiger partial charge in [0.05, 0.1) is 23.0 Å². The number of nitrogens with zero attached hydrogens (tertiary/aromatic N) is 2. The second-order valence-electron chi connectivity index (χ2n) is 3.70. The van der Waals surface area contributed by atoms with Gasteiger partial charge in [0.1, 0.15) is 0 Å². The van der Waals surface area contributed by atoms with Crippen LogP contribution in [0.5, 0.6) is 0 Å². The first kappa shape index (κ1) is 13.5. The fourth-order valence-electron chi connectivity index (χ4n) is 1.52. The maximum Gasteiger partial charge on any atom is 0.379 e. The van der Waals surface area contributed by atoms with E-state index in [-0.39, 0.29) is 6.61 Å². The topological polar surface area (TPSA) is 61.2 Å². The third kappa shape index (κ3) is 3.08. The van der Waals surface area contributed by atoms with Crippen LogP contribution in [-0.4, -0.2) is 28.1 Å². The van der Waals surface area contributed by atoms with E-state index in [2.05, 4.69) is 25.8 Å². The lowest BCUT2D eigenvalue weighted by atomic mass is 10.1. The van der Waals surface area contributed by atoms with Gasteiger partial charge in [0, 0.05) is 11.8 Å². The first-order valence-corrected chi connectivity index (χ1v) is 6.43. The number of Topliss-reactive ketones (excluding diaryl/α,β-unsaturated/α-hetero) is 1. The Hall–Kier alpha value is -1.95. The van der Waals surface area contributed by atoms with Gasteiger partial charge in [0.15, 0.2) is 0 Å². The van der Waals surface area contributed by atoms with Crippen molar-refractivity contribution in [1.29, 1.82) is 0 Å². The third-order valence-electron chi connectivity index (χ3n) is 2.41. The average Bonchev–Trinajstić information content (AvgIpc) is 2.85. The second kappa shape index (κ2) is 5.79. The van der Waals surface area contributed by atoms with Crippen molar-refractivity contribution in [2.45, 2.75) is 6.92 Å². The number of hydrogen-bond acceptors (Lipinski definition) is 4. The van der Waals surface area contributed by atoms with Gasteiger partial charge in [-0.1, -0.05) is 0 Å². The van der Waals surface area contributed by atoms with Gasteiger partial charge in [0.25, 0.3) is 5.78 Å². The van der Waals surface area contributed by atoms with Crippen LogP contribution < -0.4 is 0 Å². The molecule has 0 N–H and O–H groups in total. The van der Waals surface area contributed by atoms with Gasteiger partial charge in [-0.3, -0.25) is 4.79 Å². The predicted molar refractivity (Wildman–Crippen MR) is 72.2 cm³/mol. The molecule has 0 atom stereocenters. The van der Waals surface area contributed by atoms with E-state index in [0.717, 1.165) is 10.2 Å². The molecule has 0 aliphatic carbocycles. The van der Waals surface area contributed by atoms with E-state index in [1.165, 1.54) is 0 Å². The summed E-state index contributed by atoms with van der Waals surface area (Å²) in [5.41, 5.74) is 1.10. The summed E-state index contributed by atoms with van der Waals surface area (Å²) in [6, 6.07) is 6.58. The Morgan fingerprint density at radius 3 is 2.53 bits per heavy atom. The molecule has 1 aromatic heterocycles. The number of ether oxygens (including phenoxy) is 1. The second-order valence-corrected chi connectivity index (χ2v) is 4.62. The van der Waals surface area contributed by atoms with Crippen LogP contribution in [0, 0.1) is 0 Å². The molecule has 1 heterocycles. The summed E-state index contributed by atoms with van der Waals surface area (Å²) in [7, 11) is 0. The summed E-state index contributed by atoms with van der Waals surface area (Å²) in [6.45, 7) is 1.84. The molecule has 19 heavy (non-hydrogen) atoms. The summed E-state index contributed by atoms with van der Waals surface area (Å²) in [4.78, 5) is 23.0. The number of ketones is 1. The molecule has 0 amide bonds. The fourth-order valence-corrected chi connectivity index (χ4v) is 1.81. The zero-order valence-electron chi connectivity index (χ0n) is 10.2. The minimum absolute atomic E-state index is 0.184. The van der Waals surface area contributed by atoms with E-state index in [9.17, 15) is 9.59 Å². The van der Waals surface area contributed by atoms with E-state index in [0.29, 0.717) is 5.56 Å². The van der Waals surface area contributed by atoms with Crippen LogP contribution in [0.15, 0.2) is 41.1 Å². The van der Waals surface area contributed by atoms with Gasteiger partial charge in [-0.15, -0.1) is 0 Å². The van der Waals surface area contributed by atoms with Crippen molar-refractivity contribution in [2.75, 3.05) is 6.61 Å². The maximum atomic E-state index is 11.7. The number of rotatable bonds is 4. The zero-order valence-corrected chi connectivity index (χ0v) is 11.8. The molecule has 2 aromatic rings. The highest BCUT2D eigenvalue weighted by molar-refractivity contribution is 9.10. The van der Waals surface area contributed by atoms with Crippen molar-refractivity contribution in [3.05, 3.63) is 46.7 Å². The first-order chi connectivity index (χ1) is 9.11. The summed E-state index contributed by atoms with van der Waals surface area (Å²) < 4.78 is 7.18. The molecule has 0 fully saturated rings. The number of esters is 1. The Labute approximate surface area is 118 Å². The highest BCUT2D eigenvalue weighted by Gasteiger charge is 2.17. The molecule has 0 bridgehead atoms. The molecule has 2 rings (SSSR count). The van der Waals surface area contributed by atoms with Gasteiger partial charge in [0.2, 0.25) is 0 Å². The van der Waals surface area contributed by atoms with Crippen molar-refractivity contribution < 1.29 is 14.3 Å². The normalized spacial score (nSPS) is 10.2. The number of halogens is 1. The van der Waals surface area contributed by atoms with Crippen molar-refractivity contribution in [3.63, 3.8) is 0 Å². The van der Waals surface area contributed by atoms with Crippen LogP contribution in [0.1, 0.15) is 17.3 Å². The SMILES string of the molecule is CCOC(=O)C(=O)c1ccc(-n2cc(Br)cn2)cc1. The summed E-state index contributed by atoms with van der Waals surface area (Å²) in [5, 5.41) is 4.12. The van der Waals surface area contributed by atoms with Gasteiger partial charge >= 0.3 is 5.97 Å². The molecule has 5 nitrogen and oxygen atoms in total. The van der Waals surface area contributed by atoms with Crippen LogP contribution in [0.3, 0.4) is 0 Å². The van der Waals surface area contributed by atoms with E-state index < -0.39 is 11.8 Å². The Bertz CT molecular complexity index is 605. The lowest BCUT2D eigenvalue weighted by molar-refractivity contribution is -0.137. The molecule has 6 heteroatoms. The van der Waals surface area contributed by atoms with Gasteiger partial charge < -0.3 is 4.74 Å². The van der Waals surface area contributed by atoms with Crippen molar-refractivity contribution in [3.8, 4) is 5.69 Å². The zero-order chi connectivity index (χ0) is 13.8. The van der Waals surface area contributed by atoms with E-state index in [1.807, 2.05) is 0 Å². The molecule has 0 aliphatic heterocycles. The van der Waals surface area contributed by atoms with Crippen molar-refractivity contribution in [1.82, 2.24) is 9.78 Å². The molecule has 0 saturated heterocycles. The number of aromatic nitrogens is 2. The highest BCUT2D eigenvalue weighted by Crippen LogP contribution is 2.13. The minimum Gasteiger partial charge on any atom is -0.460 e. The molecule has 98 valence electrons. The molecule has 1 aromatic carbocycles. The molecule has 0 aliphatic rings. The molecule has 0 unspecified atom stereocenters. The van der Waals surface area contributed by atoms with Crippen molar-refractivity contribution >= 4 is 27.7 Å². The quantitative estimate of drug-likeness (QED) is 0.492. The number of carbonyl (C=O) groups is 2. The summed E-state index contributed by atoms with van der Waals surface area (Å²) in [5.74, 6) is -1.48. The van der Waals surface area contributed by atoms with Crippen molar-refractivity contribution in [2.24, 2.45) is 0 Å². The Morgan fingerprint density at radius 2 is 2.00 bits per heavy atom. The molecule has 0 radical (unpaired) electrons. The lowest BCUT2D eigenvalue weighted by Gasteiger charge is -2.03. The summed E-state index contributed by atoms with van der Waals surface area (Å²) in [6.07, 6.45) is 3.46. The fraction of sp³-hybridized carbons (Fsp3) is 0.154. The van der Waals surface area contributed by atoms with Gasteiger partial charge in [-0.05, 0) is 47.1 Å². The Balaban J connectivity index is 2.19. The number of carbonyl (C=O) groups excluding carboxylic acids is 2. The maximum absolute atomic E-state index is 11.7. The van der Waals surface area contributed by atoms with Crippen LogP contribution >= 0.6 is 15.9 Å². The third-order valence-corrected chi connectivity index (χ3v) is 2.82. The average molecular weight is 323 g/mol. The van der Waals surface area contributed by atoms with E-state index in [4.69, 9.17) is 0 Å². The lowest BCUT2D eigenvalue weighted by Crippen LogP contribution is -2.17.